The molecule has 1 saturated heterocycles. The molecule has 1 aromatic rings. The number of amides is 3. The molecule has 28 heavy (non-hydrogen) atoms. The summed E-state index contributed by atoms with van der Waals surface area (Å²) < 4.78 is 41.9. The number of nitrogens with zero attached hydrogens (tertiary/aromatic N) is 2. The Balaban J connectivity index is 1.75. The van der Waals surface area contributed by atoms with Gasteiger partial charge in [-0.05, 0) is 38.2 Å². The van der Waals surface area contributed by atoms with Gasteiger partial charge in [-0.15, -0.1) is 0 Å². The Bertz CT molecular complexity index is 664. The third kappa shape index (κ3) is 7.73. The van der Waals surface area contributed by atoms with Crippen LogP contribution in [0.3, 0.4) is 0 Å². The first kappa shape index (κ1) is 22.0. The molecule has 7 nitrogen and oxygen atoms in total. The van der Waals surface area contributed by atoms with Crippen LogP contribution < -0.4 is 10.6 Å². The number of anilines is 1. The number of alkyl halides is 3. The van der Waals surface area contributed by atoms with Gasteiger partial charge in [0.25, 0.3) is 5.91 Å². The molecule has 0 aliphatic carbocycles. The molecular weight excluding hydrogens is 377 g/mol. The van der Waals surface area contributed by atoms with E-state index in [1.165, 1.54) is 7.05 Å². The zero-order valence-electron chi connectivity index (χ0n) is 15.7. The number of hydrogen-bond acceptors (Lipinski definition) is 4. The van der Waals surface area contributed by atoms with Crippen molar-refractivity contribution in [2.45, 2.75) is 12.6 Å². The molecule has 1 heterocycles. The first-order chi connectivity index (χ1) is 13.2. The highest BCUT2D eigenvalue weighted by Crippen LogP contribution is 2.15. The van der Waals surface area contributed by atoms with Gasteiger partial charge in [-0.3, -0.25) is 9.69 Å². The molecule has 1 aliphatic rings. The summed E-state index contributed by atoms with van der Waals surface area (Å²) in [5.41, 5.74) is 0.930. The van der Waals surface area contributed by atoms with Gasteiger partial charge in [-0.25, -0.2) is 4.79 Å². The van der Waals surface area contributed by atoms with E-state index < -0.39 is 18.8 Å². The number of benzene rings is 1. The summed E-state index contributed by atoms with van der Waals surface area (Å²) in [6.07, 6.45) is -3.85. The SMILES string of the molecule is CN(CCCNC(=O)Nc1cccc(C(=O)N2CCOCC2)c1)CC(F)(F)F. The molecule has 2 rings (SSSR count). The van der Waals surface area contributed by atoms with E-state index in [-0.39, 0.29) is 19.0 Å². The predicted octanol–water partition coefficient (Wildman–Crippen LogP) is 2.16. The van der Waals surface area contributed by atoms with Crippen molar-refractivity contribution in [2.24, 2.45) is 0 Å². The zero-order valence-corrected chi connectivity index (χ0v) is 15.7. The van der Waals surface area contributed by atoms with Crippen LogP contribution >= 0.6 is 0 Å². The number of hydrogen-bond donors (Lipinski definition) is 2. The zero-order chi connectivity index (χ0) is 20.6. The lowest BCUT2D eigenvalue weighted by atomic mass is 10.1. The average Bonchev–Trinajstić information content (AvgIpc) is 2.64. The minimum absolute atomic E-state index is 0.125. The summed E-state index contributed by atoms with van der Waals surface area (Å²) in [6.45, 7) is 1.53. The maximum absolute atomic E-state index is 12.5. The number of rotatable bonds is 7. The van der Waals surface area contributed by atoms with E-state index in [1.54, 1.807) is 29.2 Å². The fraction of sp³-hybridized carbons (Fsp3) is 0.556. The van der Waals surface area contributed by atoms with Crippen molar-refractivity contribution in [1.29, 1.82) is 0 Å². The van der Waals surface area contributed by atoms with Gasteiger partial charge in [0, 0.05) is 30.9 Å². The van der Waals surface area contributed by atoms with E-state index in [1.807, 2.05) is 0 Å². The minimum atomic E-state index is -4.23. The van der Waals surface area contributed by atoms with E-state index in [9.17, 15) is 22.8 Å². The van der Waals surface area contributed by atoms with Crippen LogP contribution in [0.1, 0.15) is 16.8 Å². The Morgan fingerprint density at radius 3 is 2.64 bits per heavy atom. The van der Waals surface area contributed by atoms with Crippen molar-refractivity contribution >= 4 is 17.6 Å². The molecule has 0 spiro atoms. The third-order valence-corrected chi connectivity index (χ3v) is 4.12. The van der Waals surface area contributed by atoms with E-state index in [4.69, 9.17) is 4.74 Å². The smallest absolute Gasteiger partial charge is 0.378 e. The topological polar surface area (TPSA) is 73.9 Å². The molecular formula is C18H25F3N4O3. The summed E-state index contributed by atoms with van der Waals surface area (Å²) in [5.74, 6) is -0.125. The van der Waals surface area contributed by atoms with Crippen molar-refractivity contribution < 1.29 is 27.5 Å². The van der Waals surface area contributed by atoms with Gasteiger partial charge in [0.2, 0.25) is 0 Å². The maximum Gasteiger partial charge on any atom is 0.401 e. The van der Waals surface area contributed by atoms with Crippen LogP contribution in [0, 0.1) is 0 Å². The quantitative estimate of drug-likeness (QED) is 0.686. The number of halogens is 3. The van der Waals surface area contributed by atoms with E-state index in [2.05, 4.69) is 10.6 Å². The number of carbonyl (C=O) groups excluding carboxylic acids is 2. The van der Waals surface area contributed by atoms with E-state index in [0.717, 1.165) is 4.90 Å². The Hall–Kier alpha value is -2.33. The molecule has 3 amide bonds. The van der Waals surface area contributed by atoms with Crippen LogP contribution in [0.2, 0.25) is 0 Å². The lowest BCUT2D eigenvalue weighted by Crippen LogP contribution is -2.40. The van der Waals surface area contributed by atoms with Crippen LogP contribution in [0.4, 0.5) is 23.7 Å². The van der Waals surface area contributed by atoms with Gasteiger partial charge in [-0.2, -0.15) is 13.2 Å². The summed E-state index contributed by atoms with van der Waals surface area (Å²) in [7, 11) is 1.38. The summed E-state index contributed by atoms with van der Waals surface area (Å²) in [6, 6.07) is 6.13. The fourth-order valence-electron chi connectivity index (χ4n) is 2.79. The first-order valence-electron chi connectivity index (χ1n) is 9.02. The lowest BCUT2D eigenvalue weighted by molar-refractivity contribution is -0.143. The lowest BCUT2D eigenvalue weighted by Gasteiger charge is -2.27. The highest BCUT2D eigenvalue weighted by atomic mass is 19.4. The standard InChI is InChI=1S/C18H25F3N4O3/c1-24(13-18(19,20)21)7-3-6-22-17(27)23-15-5-2-4-14(12-15)16(26)25-8-10-28-11-9-25/h2,4-5,12H,3,6-11,13H2,1H3,(H2,22,23,27). The van der Waals surface area contributed by atoms with Crippen molar-refractivity contribution in [1.82, 2.24) is 15.1 Å². The molecule has 1 aliphatic heterocycles. The second-order valence-electron chi connectivity index (χ2n) is 6.57. The number of urea groups is 1. The van der Waals surface area contributed by atoms with Gasteiger partial charge in [0.15, 0.2) is 0 Å². The van der Waals surface area contributed by atoms with Gasteiger partial charge in [-0.1, -0.05) is 6.07 Å². The highest BCUT2D eigenvalue weighted by Gasteiger charge is 2.28. The summed E-state index contributed by atoms with van der Waals surface area (Å²) in [5, 5.41) is 5.22. The van der Waals surface area contributed by atoms with E-state index >= 15 is 0 Å². The molecule has 2 N–H and O–H groups in total. The Morgan fingerprint density at radius 2 is 1.96 bits per heavy atom. The van der Waals surface area contributed by atoms with Crippen molar-refractivity contribution in [3.8, 4) is 0 Å². The molecule has 1 aromatic carbocycles. The number of ether oxygens (including phenoxy) is 1. The molecule has 0 bridgehead atoms. The van der Waals surface area contributed by atoms with Crippen LogP contribution in [-0.4, -0.2) is 80.9 Å². The number of carbonyl (C=O) groups is 2. The van der Waals surface area contributed by atoms with E-state index in [0.29, 0.717) is 44.0 Å². The normalized spacial score (nSPS) is 14.8. The molecule has 0 unspecified atom stereocenters. The molecule has 0 radical (unpaired) electrons. The second-order valence-corrected chi connectivity index (χ2v) is 6.57. The predicted molar refractivity (Wildman–Crippen MR) is 98.4 cm³/mol. The molecule has 0 saturated carbocycles. The van der Waals surface area contributed by atoms with Crippen molar-refractivity contribution in [2.75, 3.05) is 58.3 Å². The molecule has 10 heteroatoms. The maximum atomic E-state index is 12.5. The van der Waals surface area contributed by atoms with Crippen molar-refractivity contribution in [3.63, 3.8) is 0 Å². The monoisotopic (exact) mass is 402 g/mol. The molecule has 0 aromatic heterocycles. The molecule has 1 fully saturated rings. The fourth-order valence-corrected chi connectivity index (χ4v) is 2.79. The van der Waals surface area contributed by atoms with Gasteiger partial charge >= 0.3 is 12.2 Å². The largest absolute Gasteiger partial charge is 0.401 e. The number of nitrogens with one attached hydrogen (secondary N) is 2. The van der Waals surface area contributed by atoms with Gasteiger partial charge in [0.05, 0.1) is 19.8 Å². The van der Waals surface area contributed by atoms with Crippen LogP contribution in [0.5, 0.6) is 0 Å². The Kier molecular flexibility index (Phi) is 8.06. The molecule has 0 atom stereocenters. The first-order valence-corrected chi connectivity index (χ1v) is 9.02. The van der Waals surface area contributed by atoms with Crippen LogP contribution in [-0.2, 0) is 4.74 Å². The Morgan fingerprint density at radius 1 is 1.25 bits per heavy atom. The minimum Gasteiger partial charge on any atom is -0.378 e. The third-order valence-electron chi connectivity index (χ3n) is 4.12. The van der Waals surface area contributed by atoms with Gasteiger partial charge < -0.3 is 20.3 Å². The van der Waals surface area contributed by atoms with Crippen LogP contribution in [0.25, 0.3) is 0 Å². The van der Waals surface area contributed by atoms with Gasteiger partial charge in [0.1, 0.15) is 0 Å². The summed E-state index contributed by atoms with van der Waals surface area (Å²) >= 11 is 0. The number of morpholine rings is 1. The average molecular weight is 402 g/mol. The molecule has 156 valence electrons. The van der Waals surface area contributed by atoms with Crippen molar-refractivity contribution in [3.05, 3.63) is 29.8 Å². The summed E-state index contributed by atoms with van der Waals surface area (Å²) in [4.78, 5) is 27.3. The Labute approximate surface area is 161 Å². The highest BCUT2D eigenvalue weighted by molar-refractivity contribution is 5.97. The van der Waals surface area contributed by atoms with Crippen LogP contribution in [0.15, 0.2) is 24.3 Å². The second kappa shape index (κ2) is 10.3.